The van der Waals surface area contributed by atoms with Crippen molar-refractivity contribution in [2.24, 2.45) is 12.0 Å². The summed E-state index contributed by atoms with van der Waals surface area (Å²) in [4.78, 5) is 18.0. The fourth-order valence-corrected chi connectivity index (χ4v) is 7.73. The van der Waals surface area contributed by atoms with Crippen molar-refractivity contribution in [3.63, 3.8) is 0 Å². The number of hydrogen-bond acceptors (Lipinski definition) is 4. The molecule has 0 saturated heterocycles. The highest BCUT2D eigenvalue weighted by Crippen LogP contribution is 2.28. The molecule has 0 N–H and O–H groups in total. The van der Waals surface area contributed by atoms with E-state index < -0.39 is 10.0 Å². The number of nitrogens with zero attached hydrogens (tertiary/aromatic N) is 3. The highest BCUT2D eigenvalue weighted by molar-refractivity contribution is 7.89. The van der Waals surface area contributed by atoms with E-state index in [1.54, 1.807) is 16.4 Å². The monoisotopic (exact) mass is 485 g/mol. The summed E-state index contributed by atoms with van der Waals surface area (Å²) in [6, 6.07) is 10.5. The van der Waals surface area contributed by atoms with Crippen molar-refractivity contribution in [1.29, 1.82) is 0 Å². The van der Waals surface area contributed by atoms with E-state index in [4.69, 9.17) is 0 Å². The third kappa shape index (κ3) is 4.69. The fourth-order valence-electron chi connectivity index (χ4n) is 4.84. The highest BCUT2D eigenvalue weighted by Gasteiger charge is 2.31. The van der Waals surface area contributed by atoms with Crippen LogP contribution in [-0.4, -0.2) is 35.8 Å². The molecule has 0 unspecified atom stereocenters. The molecule has 33 heavy (non-hydrogen) atoms. The summed E-state index contributed by atoms with van der Waals surface area (Å²) < 4.78 is 31.2. The van der Waals surface area contributed by atoms with E-state index in [1.165, 1.54) is 35.5 Å². The number of aromatic nitrogens is 1. The number of aryl methyl sites for hydroxylation is 3. The second kappa shape index (κ2) is 9.52. The summed E-state index contributed by atoms with van der Waals surface area (Å²) in [5.41, 5.74) is 3.76. The van der Waals surface area contributed by atoms with Crippen molar-refractivity contribution < 1.29 is 13.2 Å². The van der Waals surface area contributed by atoms with Gasteiger partial charge in [-0.25, -0.2) is 8.42 Å². The summed E-state index contributed by atoms with van der Waals surface area (Å²) >= 11 is 1.48. The SMILES string of the molecule is CCN(C1CCCCC1)S(=O)(=O)c1ccc(C(=O)N=c2sc3cc(C)cc(C)c3n2C)cc1. The largest absolute Gasteiger partial charge is 0.319 e. The molecule has 2 aromatic carbocycles. The van der Waals surface area contributed by atoms with Gasteiger partial charge in [0.2, 0.25) is 10.0 Å². The Kier molecular flexibility index (Phi) is 6.88. The number of sulfonamides is 1. The Labute approximate surface area is 199 Å². The molecule has 0 radical (unpaired) electrons. The van der Waals surface area contributed by atoms with Gasteiger partial charge < -0.3 is 4.57 Å². The lowest BCUT2D eigenvalue weighted by atomic mass is 9.95. The minimum absolute atomic E-state index is 0.0603. The van der Waals surface area contributed by atoms with E-state index in [9.17, 15) is 13.2 Å². The summed E-state index contributed by atoms with van der Waals surface area (Å²) in [6.45, 7) is 6.44. The summed E-state index contributed by atoms with van der Waals surface area (Å²) in [5.74, 6) is -0.380. The molecule has 1 amide bonds. The van der Waals surface area contributed by atoms with E-state index >= 15 is 0 Å². The maximum Gasteiger partial charge on any atom is 0.279 e. The van der Waals surface area contributed by atoms with E-state index in [2.05, 4.69) is 31.0 Å². The predicted molar refractivity (Wildman–Crippen MR) is 133 cm³/mol. The first-order valence-corrected chi connectivity index (χ1v) is 13.8. The minimum Gasteiger partial charge on any atom is -0.319 e. The summed E-state index contributed by atoms with van der Waals surface area (Å²) in [5, 5.41) is 0. The Hall–Kier alpha value is -2.29. The number of carbonyl (C=O) groups excluding carboxylic acids is 1. The van der Waals surface area contributed by atoms with Gasteiger partial charge in [0.05, 0.1) is 15.1 Å². The number of rotatable bonds is 5. The van der Waals surface area contributed by atoms with Crippen LogP contribution in [0.3, 0.4) is 0 Å². The van der Waals surface area contributed by atoms with Crippen LogP contribution in [0.5, 0.6) is 0 Å². The Bertz CT molecular complexity index is 1350. The van der Waals surface area contributed by atoms with E-state index in [1.807, 2.05) is 18.5 Å². The maximum absolute atomic E-state index is 13.3. The molecule has 0 spiro atoms. The second-order valence-electron chi connectivity index (χ2n) is 8.81. The third-order valence-electron chi connectivity index (χ3n) is 6.43. The zero-order chi connectivity index (χ0) is 23.8. The van der Waals surface area contributed by atoms with Crippen molar-refractivity contribution in [1.82, 2.24) is 8.87 Å². The van der Waals surface area contributed by atoms with Gasteiger partial charge in [0.25, 0.3) is 5.91 Å². The first kappa shape index (κ1) is 23.9. The maximum atomic E-state index is 13.3. The zero-order valence-electron chi connectivity index (χ0n) is 19.7. The fraction of sp³-hybridized carbons (Fsp3) is 0.440. The first-order chi connectivity index (χ1) is 15.7. The molecular formula is C25H31N3O3S2. The molecule has 176 valence electrons. The average Bonchev–Trinajstić information content (AvgIpc) is 3.09. The van der Waals surface area contributed by atoms with Crippen LogP contribution in [0, 0.1) is 13.8 Å². The zero-order valence-corrected chi connectivity index (χ0v) is 21.3. The number of amides is 1. The lowest BCUT2D eigenvalue weighted by Gasteiger charge is -2.32. The van der Waals surface area contributed by atoms with Gasteiger partial charge in [-0.2, -0.15) is 9.30 Å². The standard InChI is InChI=1S/C25H31N3O3S2/c1-5-28(20-9-7-6-8-10-20)33(30,31)21-13-11-19(12-14-21)24(29)26-25-27(4)23-18(3)15-17(2)16-22(23)32-25/h11-16,20H,5-10H2,1-4H3. The van der Waals surface area contributed by atoms with Gasteiger partial charge in [0, 0.05) is 25.2 Å². The van der Waals surface area contributed by atoms with Gasteiger partial charge >= 0.3 is 0 Å². The van der Waals surface area contributed by atoms with Crippen molar-refractivity contribution in [3.05, 3.63) is 57.9 Å². The average molecular weight is 486 g/mol. The van der Waals surface area contributed by atoms with Crippen LogP contribution < -0.4 is 4.80 Å². The van der Waals surface area contributed by atoms with Crippen LogP contribution in [0.15, 0.2) is 46.3 Å². The first-order valence-electron chi connectivity index (χ1n) is 11.5. The summed E-state index contributed by atoms with van der Waals surface area (Å²) in [6.07, 6.45) is 5.13. The topological polar surface area (TPSA) is 71.7 Å². The highest BCUT2D eigenvalue weighted by atomic mass is 32.2. The molecule has 4 rings (SSSR count). The molecule has 1 aliphatic carbocycles. The Morgan fingerprint density at radius 1 is 1.12 bits per heavy atom. The Morgan fingerprint density at radius 3 is 2.42 bits per heavy atom. The molecule has 1 heterocycles. The lowest BCUT2D eigenvalue weighted by molar-refractivity contribution is 0.0998. The van der Waals surface area contributed by atoms with Crippen molar-refractivity contribution in [3.8, 4) is 0 Å². The number of carbonyl (C=O) groups is 1. The predicted octanol–water partition coefficient (Wildman–Crippen LogP) is 4.94. The number of hydrogen-bond donors (Lipinski definition) is 0. The van der Waals surface area contributed by atoms with Crippen LogP contribution >= 0.6 is 11.3 Å². The molecule has 0 atom stereocenters. The molecule has 1 aliphatic rings. The minimum atomic E-state index is -3.60. The van der Waals surface area contributed by atoms with Crippen molar-refractivity contribution >= 4 is 37.5 Å². The molecule has 3 aromatic rings. The van der Waals surface area contributed by atoms with Crippen LogP contribution in [-0.2, 0) is 17.1 Å². The number of fused-ring (bicyclic) bond motifs is 1. The van der Waals surface area contributed by atoms with Crippen LogP contribution in [0.2, 0.25) is 0 Å². The van der Waals surface area contributed by atoms with E-state index in [0.717, 1.165) is 41.5 Å². The molecule has 6 nitrogen and oxygen atoms in total. The Morgan fingerprint density at radius 2 is 1.79 bits per heavy atom. The Balaban J connectivity index is 1.62. The van der Waals surface area contributed by atoms with Gasteiger partial charge in [-0.15, -0.1) is 0 Å². The second-order valence-corrected chi connectivity index (χ2v) is 11.7. The molecule has 0 aliphatic heterocycles. The van der Waals surface area contributed by atoms with E-state index in [0.29, 0.717) is 16.9 Å². The van der Waals surface area contributed by atoms with Crippen LogP contribution in [0.25, 0.3) is 10.2 Å². The number of benzene rings is 2. The molecule has 1 fully saturated rings. The lowest BCUT2D eigenvalue weighted by Crippen LogP contribution is -2.41. The molecular weight excluding hydrogens is 454 g/mol. The van der Waals surface area contributed by atoms with E-state index in [-0.39, 0.29) is 16.8 Å². The van der Waals surface area contributed by atoms with Crippen LogP contribution in [0.4, 0.5) is 0 Å². The molecule has 0 bridgehead atoms. The number of thiazole rings is 1. The van der Waals surface area contributed by atoms with Gasteiger partial charge in [-0.05, 0) is 68.1 Å². The van der Waals surface area contributed by atoms with Crippen LogP contribution in [0.1, 0.15) is 60.5 Å². The van der Waals surface area contributed by atoms with Gasteiger partial charge in [-0.1, -0.05) is 43.6 Å². The molecule has 8 heteroatoms. The smallest absolute Gasteiger partial charge is 0.279 e. The molecule has 1 saturated carbocycles. The van der Waals surface area contributed by atoms with Gasteiger partial charge in [-0.3, -0.25) is 4.79 Å². The van der Waals surface area contributed by atoms with Crippen molar-refractivity contribution in [2.45, 2.75) is 63.8 Å². The van der Waals surface area contributed by atoms with Crippen molar-refractivity contribution in [2.75, 3.05) is 6.54 Å². The molecule has 1 aromatic heterocycles. The van der Waals surface area contributed by atoms with Gasteiger partial charge in [0.15, 0.2) is 4.80 Å². The third-order valence-corrected chi connectivity index (χ3v) is 9.55. The quantitative estimate of drug-likeness (QED) is 0.514. The van der Waals surface area contributed by atoms with Gasteiger partial charge in [0.1, 0.15) is 0 Å². The summed E-state index contributed by atoms with van der Waals surface area (Å²) in [7, 11) is -1.69. The normalized spacial score (nSPS) is 16.1.